The van der Waals surface area contributed by atoms with Gasteiger partial charge in [-0.1, -0.05) is 6.07 Å². The van der Waals surface area contributed by atoms with Crippen molar-refractivity contribution in [2.45, 2.75) is 51.6 Å². The Bertz CT molecular complexity index is 468. The molecule has 0 aromatic heterocycles. The Hall–Kier alpha value is -1.73. The van der Waals surface area contributed by atoms with E-state index >= 15 is 0 Å². The first-order valence-corrected chi connectivity index (χ1v) is 7.45. The van der Waals surface area contributed by atoms with Crippen molar-refractivity contribution in [3.05, 3.63) is 24.3 Å². The van der Waals surface area contributed by atoms with E-state index in [9.17, 15) is 5.26 Å². The summed E-state index contributed by atoms with van der Waals surface area (Å²) in [5.74, 6) is 1.61. The fourth-order valence-electron chi connectivity index (χ4n) is 2.26. The summed E-state index contributed by atoms with van der Waals surface area (Å²) in [5, 5.41) is 12.6. The van der Waals surface area contributed by atoms with Crippen molar-refractivity contribution in [1.82, 2.24) is 5.32 Å². The molecule has 0 saturated carbocycles. The molecule has 0 saturated heterocycles. The number of hydrogen-bond donors (Lipinski definition) is 1. The number of ether oxygens (including phenoxy) is 2. The van der Waals surface area contributed by atoms with E-state index in [1.807, 2.05) is 31.2 Å². The van der Waals surface area contributed by atoms with Gasteiger partial charge in [-0.2, -0.15) is 5.26 Å². The second-order valence-corrected chi connectivity index (χ2v) is 5.73. The summed E-state index contributed by atoms with van der Waals surface area (Å²) in [7, 11) is 1.64. The molecule has 1 unspecified atom stereocenters. The largest absolute Gasteiger partial charge is 0.497 e. The molecule has 116 valence electrons. The van der Waals surface area contributed by atoms with Crippen LogP contribution < -0.4 is 14.8 Å². The van der Waals surface area contributed by atoms with E-state index in [4.69, 9.17) is 9.47 Å². The normalized spacial score (nSPS) is 13.5. The smallest absolute Gasteiger partial charge is 0.122 e. The maximum absolute atomic E-state index is 9.27. The first-order chi connectivity index (χ1) is 9.99. The summed E-state index contributed by atoms with van der Waals surface area (Å²) in [6.07, 6.45) is 2.70. The summed E-state index contributed by atoms with van der Waals surface area (Å²) < 4.78 is 10.8. The number of unbranched alkanes of at least 4 members (excludes halogenated alkanes) is 1. The average molecular weight is 290 g/mol. The van der Waals surface area contributed by atoms with Gasteiger partial charge in [0.25, 0.3) is 0 Å². The van der Waals surface area contributed by atoms with Crippen LogP contribution in [0.4, 0.5) is 0 Å². The number of methoxy groups -OCH3 is 1. The van der Waals surface area contributed by atoms with Gasteiger partial charge < -0.3 is 9.47 Å². The number of nitrogens with zero attached hydrogens (tertiary/aromatic N) is 1. The Labute approximate surface area is 128 Å². The SMILES string of the molecule is COc1cccc(OCCCCC(C)(C#N)NC(C)C)c1. The van der Waals surface area contributed by atoms with Crippen molar-refractivity contribution in [3.63, 3.8) is 0 Å². The van der Waals surface area contributed by atoms with Crippen LogP contribution in [0.3, 0.4) is 0 Å². The third kappa shape index (κ3) is 6.50. The maximum Gasteiger partial charge on any atom is 0.122 e. The van der Waals surface area contributed by atoms with Gasteiger partial charge in [0, 0.05) is 12.1 Å². The van der Waals surface area contributed by atoms with Gasteiger partial charge in [-0.3, -0.25) is 5.32 Å². The minimum absolute atomic E-state index is 0.308. The summed E-state index contributed by atoms with van der Waals surface area (Å²) >= 11 is 0. The van der Waals surface area contributed by atoms with Crippen LogP contribution in [-0.2, 0) is 0 Å². The average Bonchev–Trinajstić information content (AvgIpc) is 2.46. The zero-order valence-corrected chi connectivity index (χ0v) is 13.5. The van der Waals surface area contributed by atoms with E-state index in [1.54, 1.807) is 7.11 Å². The molecule has 0 aliphatic carbocycles. The molecule has 1 aromatic rings. The number of hydrogen-bond acceptors (Lipinski definition) is 4. The van der Waals surface area contributed by atoms with E-state index in [0.717, 1.165) is 30.8 Å². The van der Waals surface area contributed by atoms with E-state index in [2.05, 4.69) is 25.2 Å². The van der Waals surface area contributed by atoms with E-state index < -0.39 is 5.54 Å². The van der Waals surface area contributed by atoms with Crippen molar-refractivity contribution in [2.75, 3.05) is 13.7 Å². The van der Waals surface area contributed by atoms with E-state index in [-0.39, 0.29) is 0 Å². The Kier molecular flexibility index (Phi) is 7.04. The van der Waals surface area contributed by atoms with E-state index in [1.165, 1.54) is 0 Å². The second kappa shape index (κ2) is 8.53. The van der Waals surface area contributed by atoms with Crippen LogP contribution in [0.25, 0.3) is 0 Å². The molecular formula is C17H26N2O2. The highest BCUT2D eigenvalue weighted by atomic mass is 16.5. The highest BCUT2D eigenvalue weighted by molar-refractivity contribution is 5.32. The molecular weight excluding hydrogens is 264 g/mol. The van der Waals surface area contributed by atoms with Crippen LogP contribution in [0.15, 0.2) is 24.3 Å². The monoisotopic (exact) mass is 290 g/mol. The van der Waals surface area contributed by atoms with Crippen LogP contribution in [0.5, 0.6) is 11.5 Å². The standard InChI is InChI=1S/C17H26N2O2/c1-14(2)19-17(3,13-18)10-5-6-11-21-16-9-7-8-15(12-16)20-4/h7-9,12,14,19H,5-6,10-11H2,1-4H3. The fourth-order valence-corrected chi connectivity index (χ4v) is 2.26. The molecule has 1 N–H and O–H groups in total. The van der Waals surface area contributed by atoms with Gasteiger partial charge in [0.15, 0.2) is 0 Å². The molecule has 1 aromatic carbocycles. The number of nitrogens with one attached hydrogen (secondary N) is 1. The third-order valence-electron chi connectivity index (χ3n) is 3.24. The van der Waals surface area contributed by atoms with Crippen LogP contribution in [-0.4, -0.2) is 25.3 Å². The molecule has 0 aliphatic rings. The van der Waals surface area contributed by atoms with Crippen molar-refractivity contribution in [2.24, 2.45) is 0 Å². The minimum atomic E-state index is -0.454. The molecule has 1 atom stereocenters. The van der Waals surface area contributed by atoms with Gasteiger partial charge in [-0.25, -0.2) is 0 Å². The number of nitriles is 1. The molecule has 0 fully saturated rings. The van der Waals surface area contributed by atoms with Gasteiger partial charge >= 0.3 is 0 Å². The predicted octanol–water partition coefficient (Wildman–Crippen LogP) is 3.52. The summed E-state index contributed by atoms with van der Waals surface area (Å²) in [6, 6.07) is 10.3. The van der Waals surface area contributed by atoms with Crippen molar-refractivity contribution in [3.8, 4) is 17.6 Å². The van der Waals surface area contributed by atoms with Crippen molar-refractivity contribution in [1.29, 1.82) is 5.26 Å². The Morgan fingerprint density at radius 3 is 2.62 bits per heavy atom. The molecule has 21 heavy (non-hydrogen) atoms. The summed E-state index contributed by atoms with van der Waals surface area (Å²) in [6.45, 7) is 6.72. The quantitative estimate of drug-likeness (QED) is 0.707. The molecule has 0 heterocycles. The van der Waals surface area contributed by atoms with Crippen LogP contribution in [0.1, 0.15) is 40.0 Å². The van der Waals surface area contributed by atoms with Gasteiger partial charge in [0.1, 0.15) is 17.0 Å². The molecule has 0 amide bonds. The first-order valence-electron chi connectivity index (χ1n) is 7.45. The van der Waals surface area contributed by atoms with Crippen LogP contribution in [0, 0.1) is 11.3 Å². The first kappa shape index (κ1) is 17.3. The lowest BCUT2D eigenvalue weighted by Gasteiger charge is -2.25. The highest BCUT2D eigenvalue weighted by Crippen LogP contribution is 2.19. The predicted molar refractivity (Wildman–Crippen MR) is 84.6 cm³/mol. The molecule has 0 radical (unpaired) electrons. The molecule has 4 nitrogen and oxygen atoms in total. The summed E-state index contributed by atoms with van der Waals surface area (Å²) in [5.41, 5.74) is -0.454. The topological polar surface area (TPSA) is 54.3 Å². The minimum Gasteiger partial charge on any atom is -0.497 e. The number of rotatable bonds is 9. The lowest BCUT2D eigenvalue weighted by atomic mass is 9.96. The van der Waals surface area contributed by atoms with Gasteiger partial charge in [-0.15, -0.1) is 0 Å². The van der Waals surface area contributed by atoms with Crippen LogP contribution in [0.2, 0.25) is 0 Å². The van der Waals surface area contributed by atoms with Crippen molar-refractivity contribution < 1.29 is 9.47 Å². The Balaban J connectivity index is 2.29. The van der Waals surface area contributed by atoms with E-state index in [0.29, 0.717) is 12.6 Å². The van der Waals surface area contributed by atoms with Crippen molar-refractivity contribution >= 4 is 0 Å². The highest BCUT2D eigenvalue weighted by Gasteiger charge is 2.23. The zero-order chi connectivity index (χ0) is 15.7. The number of benzene rings is 1. The lowest BCUT2D eigenvalue weighted by Crippen LogP contribution is -2.44. The van der Waals surface area contributed by atoms with Gasteiger partial charge in [0.2, 0.25) is 0 Å². The van der Waals surface area contributed by atoms with Crippen LogP contribution >= 0.6 is 0 Å². The molecule has 0 spiro atoms. The molecule has 4 heteroatoms. The second-order valence-electron chi connectivity index (χ2n) is 5.73. The molecule has 1 rings (SSSR count). The maximum atomic E-state index is 9.27. The van der Waals surface area contributed by atoms with Gasteiger partial charge in [-0.05, 0) is 52.2 Å². The Morgan fingerprint density at radius 2 is 2.00 bits per heavy atom. The zero-order valence-electron chi connectivity index (χ0n) is 13.5. The summed E-state index contributed by atoms with van der Waals surface area (Å²) in [4.78, 5) is 0. The molecule has 0 bridgehead atoms. The lowest BCUT2D eigenvalue weighted by molar-refractivity contribution is 0.290. The van der Waals surface area contributed by atoms with Gasteiger partial charge in [0.05, 0.1) is 19.8 Å². The third-order valence-corrected chi connectivity index (χ3v) is 3.24. The fraction of sp³-hybridized carbons (Fsp3) is 0.588. The molecule has 0 aliphatic heterocycles. The Morgan fingerprint density at radius 1 is 1.29 bits per heavy atom.